The van der Waals surface area contributed by atoms with Gasteiger partial charge in [-0.3, -0.25) is 4.79 Å². The van der Waals surface area contributed by atoms with E-state index in [1.165, 1.54) is 19.3 Å². The second kappa shape index (κ2) is 5.35. The van der Waals surface area contributed by atoms with Crippen LogP contribution >= 0.6 is 0 Å². The number of hydrogen-bond donors (Lipinski definition) is 2. The van der Waals surface area contributed by atoms with Crippen LogP contribution in [0.4, 0.5) is 0 Å². The van der Waals surface area contributed by atoms with Crippen molar-refractivity contribution in [1.82, 2.24) is 5.32 Å². The molecule has 1 rings (SSSR count). The van der Waals surface area contributed by atoms with Gasteiger partial charge in [-0.15, -0.1) is 0 Å². The number of rotatable bonds is 5. The van der Waals surface area contributed by atoms with Crippen molar-refractivity contribution in [2.75, 3.05) is 6.61 Å². The van der Waals surface area contributed by atoms with Crippen molar-refractivity contribution in [1.29, 1.82) is 0 Å². The lowest BCUT2D eigenvalue weighted by Gasteiger charge is -2.26. The lowest BCUT2D eigenvalue weighted by Crippen LogP contribution is -2.39. The first-order chi connectivity index (χ1) is 6.63. The summed E-state index contributed by atoms with van der Waals surface area (Å²) in [6, 6.07) is 0.0765. The Morgan fingerprint density at radius 3 is 2.57 bits per heavy atom. The molecule has 0 radical (unpaired) electrons. The minimum Gasteiger partial charge on any atom is -0.396 e. The van der Waals surface area contributed by atoms with Crippen LogP contribution in [0.5, 0.6) is 0 Å². The molecule has 1 fully saturated rings. The SMILES string of the molecule is CC(CO)C(C)NC(=O)CC1CCC1. The highest BCUT2D eigenvalue weighted by Gasteiger charge is 2.22. The molecule has 1 aliphatic carbocycles. The minimum absolute atomic E-state index is 0.0765. The fraction of sp³-hybridized carbons (Fsp3) is 0.909. The Hall–Kier alpha value is -0.570. The zero-order valence-electron chi connectivity index (χ0n) is 9.12. The van der Waals surface area contributed by atoms with E-state index in [0.717, 1.165) is 0 Å². The van der Waals surface area contributed by atoms with Crippen LogP contribution in [-0.2, 0) is 4.79 Å². The van der Waals surface area contributed by atoms with Gasteiger partial charge in [0.2, 0.25) is 5.91 Å². The molecule has 0 bridgehead atoms. The first kappa shape index (κ1) is 11.5. The van der Waals surface area contributed by atoms with E-state index < -0.39 is 0 Å². The number of aliphatic hydroxyl groups excluding tert-OH is 1. The van der Waals surface area contributed by atoms with Gasteiger partial charge in [0.05, 0.1) is 0 Å². The van der Waals surface area contributed by atoms with Crippen LogP contribution in [0.15, 0.2) is 0 Å². The van der Waals surface area contributed by atoms with Crippen LogP contribution in [0.1, 0.15) is 39.5 Å². The molecule has 0 aliphatic heterocycles. The van der Waals surface area contributed by atoms with Crippen molar-refractivity contribution < 1.29 is 9.90 Å². The van der Waals surface area contributed by atoms with E-state index in [0.29, 0.717) is 12.3 Å². The molecule has 82 valence electrons. The Morgan fingerprint density at radius 2 is 2.14 bits per heavy atom. The summed E-state index contributed by atoms with van der Waals surface area (Å²) >= 11 is 0. The largest absolute Gasteiger partial charge is 0.396 e. The van der Waals surface area contributed by atoms with Crippen molar-refractivity contribution in [3.63, 3.8) is 0 Å². The maximum atomic E-state index is 11.5. The maximum Gasteiger partial charge on any atom is 0.220 e. The van der Waals surface area contributed by atoms with E-state index in [2.05, 4.69) is 5.32 Å². The number of hydrogen-bond acceptors (Lipinski definition) is 2. The third kappa shape index (κ3) is 3.29. The van der Waals surface area contributed by atoms with Crippen LogP contribution in [0.25, 0.3) is 0 Å². The van der Waals surface area contributed by atoms with E-state index in [1.54, 1.807) is 0 Å². The standard InChI is InChI=1S/C11H21NO2/c1-8(7-13)9(2)12-11(14)6-10-4-3-5-10/h8-10,13H,3-7H2,1-2H3,(H,12,14). The van der Waals surface area contributed by atoms with Gasteiger partial charge in [-0.05, 0) is 31.6 Å². The molecule has 2 unspecified atom stereocenters. The van der Waals surface area contributed by atoms with E-state index in [9.17, 15) is 4.79 Å². The quantitative estimate of drug-likeness (QED) is 0.701. The Bertz CT molecular complexity index is 190. The highest BCUT2D eigenvalue weighted by molar-refractivity contribution is 5.76. The molecule has 3 nitrogen and oxygen atoms in total. The Balaban J connectivity index is 2.18. The summed E-state index contributed by atoms with van der Waals surface area (Å²) in [7, 11) is 0. The summed E-state index contributed by atoms with van der Waals surface area (Å²) in [5.41, 5.74) is 0. The summed E-state index contributed by atoms with van der Waals surface area (Å²) in [5.74, 6) is 0.898. The Kier molecular flexibility index (Phi) is 4.39. The summed E-state index contributed by atoms with van der Waals surface area (Å²) in [5, 5.41) is 11.8. The molecule has 0 aromatic heterocycles. The summed E-state index contributed by atoms with van der Waals surface area (Å²) in [6.07, 6.45) is 4.36. The van der Waals surface area contributed by atoms with Gasteiger partial charge in [-0.1, -0.05) is 13.3 Å². The average Bonchev–Trinajstić information content (AvgIpc) is 2.10. The summed E-state index contributed by atoms with van der Waals surface area (Å²) in [4.78, 5) is 11.5. The van der Waals surface area contributed by atoms with Crippen molar-refractivity contribution in [3.05, 3.63) is 0 Å². The van der Waals surface area contributed by atoms with E-state index in [4.69, 9.17) is 5.11 Å². The monoisotopic (exact) mass is 199 g/mol. The zero-order chi connectivity index (χ0) is 10.6. The molecule has 2 N–H and O–H groups in total. The second-order valence-electron chi connectivity index (χ2n) is 4.52. The molecule has 0 heterocycles. The highest BCUT2D eigenvalue weighted by atomic mass is 16.3. The lowest BCUT2D eigenvalue weighted by atomic mass is 9.83. The normalized spacial score (nSPS) is 21.1. The van der Waals surface area contributed by atoms with E-state index in [-0.39, 0.29) is 24.5 Å². The third-order valence-corrected chi connectivity index (χ3v) is 3.23. The van der Waals surface area contributed by atoms with Crippen LogP contribution in [-0.4, -0.2) is 23.7 Å². The number of amides is 1. The van der Waals surface area contributed by atoms with Crippen molar-refractivity contribution in [3.8, 4) is 0 Å². The summed E-state index contributed by atoms with van der Waals surface area (Å²) in [6.45, 7) is 4.01. The molecule has 0 spiro atoms. The Morgan fingerprint density at radius 1 is 1.50 bits per heavy atom. The van der Waals surface area contributed by atoms with Crippen molar-refractivity contribution in [2.24, 2.45) is 11.8 Å². The van der Waals surface area contributed by atoms with Gasteiger partial charge in [-0.2, -0.15) is 0 Å². The number of carbonyl (C=O) groups is 1. The fourth-order valence-electron chi connectivity index (χ4n) is 1.57. The van der Waals surface area contributed by atoms with Gasteiger partial charge in [0.1, 0.15) is 0 Å². The molecule has 2 atom stereocenters. The van der Waals surface area contributed by atoms with Crippen molar-refractivity contribution >= 4 is 5.91 Å². The topological polar surface area (TPSA) is 49.3 Å². The van der Waals surface area contributed by atoms with Crippen LogP contribution in [0, 0.1) is 11.8 Å². The molecule has 1 saturated carbocycles. The van der Waals surface area contributed by atoms with Gasteiger partial charge in [0.15, 0.2) is 0 Å². The van der Waals surface area contributed by atoms with E-state index >= 15 is 0 Å². The number of nitrogens with one attached hydrogen (secondary N) is 1. The lowest BCUT2D eigenvalue weighted by molar-refractivity contribution is -0.123. The molecule has 0 saturated heterocycles. The number of aliphatic hydroxyl groups is 1. The van der Waals surface area contributed by atoms with E-state index in [1.807, 2.05) is 13.8 Å². The molecule has 1 aliphatic rings. The van der Waals surface area contributed by atoms with Gasteiger partial charge in [0.25, 0.3) is 0 Å². The first-order valence-corrected chi connectivity index (χ1v) is 5.53. The number of carbonyl (C=O) groups excluding carboxylic acids is 1. The average molecular weight is 199 g/mol. The minimum atomic E-state index is 0.0765. The smallest absolute Gasteiger partial charge is 0.220 e. The first-order valence-electron chi connectivity index (χ1n) is 5.53. The third-order valence-electron chi connectivity index (χ3n) is 3.23. The zero-order valence-corrected chi connectivity index (χ0v) is 9.12. The predicted octanol–water partition coefficient (Wildman–Crippen LogP) is 1.31. The molecule has 0 aromatic carbocycles. The molecular formula is C11H21NO2. The van der Waals surface area contributed by atoms with Gasteiger partial charge in [-0.25, -0.2) is 0 Å². The highest BCUT2D eigenvalue weighted by Crippen LogP contribution is 2.29. The van der Waals surface area contributed by atoms with Crippen LogP contribution in [0.2, 0.25) is 0 Å². The molecule has 3 heteroatoms. The van der Waals surface area contributed by atoms with Gasteiger partial charge >= 0.3 is 0 Å². The second-order valence-corrected chi connectivity index (χ2v) is 4.52. The van der Waals surface area contributed by atoms with Gasteiger partial charge < -0.3 is 10.4 Å². The summed E-state index contributed by atoms with van der Waals surface area (Å²) < 4.78 is 0. The van der Waals surface area contributed by atoms with Crippen LogP contribution < -0.4 is 5.32 Å². The Labute approximate surface area is 85.9 Å². The van der Waals surface area contributed by atoms with Crippen molar-refractivity contribution in [2.45, 2.75) is 45.6 Å². The molecule has 1 amide bonds. The maximum absolute atomic E-state index is 11.5. The predicted molar refractivity (Wildman–Crippen MR) is 55.8 cm³/mol. The van der Waals surface area contributed by atoms with Gasteiger partial charge in [0, 0.05) is 19.1 Å². The molecular weight excluding hydrogens is 178 g/mol. The molecule has 0 aromatic rings. The molecule has 14 heavy (non-hydrogen) atoms. The fourth-order valence-corrected chi connectivity index (χ4v) is 1.57. The van der Waals surface area contributed by atoms with Crippen LogP contribution in [0.3, 0.4) is 0 Å².